The van der Waals surface area contributed by atoms with Gasteiger partial charge < -0.3 is 20.1 Å². The highest BCUT2D eigenvalue weighted by Crippen LogP contribution is 2.32. The number of benzene rings is 3. The summed E-state index contributed by atoms with van der Waals surface area (Å²) in [7, 11) is 3.16. The number of methoxy groups -OCH3 is 2. The first-order valence-electron chi connectivity index (χ1n) is 10.0. The lowest BCUT2D eigenvalue weighted by atomic mass is 9.91. The molecule has 0 radical (unpaired) electrons. The maximum absolute atomic E-state index is 13.7. The number of nitrogens with two attached hydrogens (primary N) is 1. The molecule has 3 aromatic rings. The molecule has 0 bridgehead atoms. The zero-order valence-corrected chi connectivity index (χ0v) is 17.5. The molecular formula is C25H24N2O4. The van der Waals surface area contributed by atoms with Crippen molar-refractivity contribution in [1.82, 2.24) is 4.90 Å². The summed E-state index contributed by atoms with van der Waals surface area (Å²) in [5.41, 5.74) is 9.81. The number of rotatable bonds is 5. The average Bonchev–Trinajstić information content (AvgIpc) is 2.82. The molecule has 0 saturated heterocycles. The second-order valence-electron chi connectivity index (χ2n) is 7.46. The fraction of sp³-hybridized carbons (Fsp3) is 0.200. The Labute approximate surface area is 181 Å². The molecule has 0 saturated carbocycles. The normalized spacial score (nSPS) is 15.2. The average molecular weight is 416 g/mol. The molecule has 0 aromatic heterocycles. The highest BCUT2D eigenvalue weighted by molar-refractivity contribution is 6.03. The second-order valence-corrected chi connectivity index (χ2v) is 7.46. The molecule has 3 aromatic carbocycles. The second kappa shape index (κ2) is 8.52. The van der Waals surface area contributed by atoms with Crippen LogP contribution in [0.3, 0.4) is 0 Å². The van der Waals surface area contributed by atoms with Gasteiger partial charge in [-0.05, 0) is 52.6 Å². The van der Waals surface area contributed by atoms with Gasteiger partial charge in [0.2, 0.25) is 5.91 Å². The van der Waals surface area contributed by atoms with E-state index < -0.39 is 11.9 Å². The van der Waals surface area contributed by atoms with Crippen LogP contribution in [0.4, 0.5) is 0 Å². The molecule has 0 spiro atoms. The van der Waals surface area contributed by atoms with E-state index >= 15 is 0 Å². The van der Waals surface area contributed by atoms with Crippen molar-refractivity contribution >= 4 is 11.8 Å². The van der Waals surface area contributed by atoms with E-state index in [9.17, 15) is 9.59 Å². The quantitative estimate of drug-likeness (QED) is 0.691. The van der Waals surface area contributed by atoms with E-state index in [1.807, 2.05) is 60.7 Å². The summed E-state index contributed by atoms with van der Waals surface area (Å²) in [6.45, 7) is 0.321. The monoisotopic (exact) mass is 416 g/mol. The van der Waals surface area contributed by atoms with Crippen LogP contribution in [0.15, 0.2) is 66.7 Å². The van der Waals surface area contributed by atoms with Gasteiger partial charge in [0.25, 0.3) is 5.91 Å². The molecule has 1 aliphatic rings. The van der Waals surface area contributed by atoms with Crippen LogP contribution in [0.2, 0.25) is 0 Å². The van der Waals surface area contributed by atoms with Crippen LogP contribution >= 0.6 is 0 Å². The van der Waals surface area contributed by atoms with E-state index in [0.29, 0.717) is 24.3 Å². The van der Waals surface area contributed by atoms with E-state index in [0.717, 1.165) is 28.0 Å². The molecule has 31 heavy (non-hydrogen) atoms. The molecule has 6 heteroatoms. The van der Waals surface area contributed by atoms with Crippen molar-refractivity contribution in [2.75, 3.05) is 14.2 Å². The van der Waals surface area contributed by atoms with E-state index in [1.165, 1.54) is 0 Å². The SMILES string of the molecule is COc1ccc(-c2ccc(OC)cc2C(=O)N2Cc3ccccc3C[C@H]2C(N)=O)cc1. The number of carbonyl (C=O) groups is 2. The van der Waals surface area contributed by atoms with Crippen molar-refractivity contribution in [2.45, 2.75) is 19.0 Å². The van der Waals surface area contributed by atoms with Crippen molar-refractivity contribution in [3.63, 3.8) is 0 Å². The number of primary amides is 1. The van der Waals surface area contributed by atoms with E-state index in [2.05, 4.69) is 0 Å². The predicted octanol–water partition coefficient (Wildman–Crippen LogP) is 3.42. The molecule has 1 atom stereocenters. The molecule has 0 unspecified atom stereocenters. The highest BCUT2D eigenvalue weighted by atomic mass is 16.5. The molecule has 2 N–H and O–H groups in total. The molecule has 4 rings (SSSR count). The Morgan fingerprint density at radius 2 is 1.55 bits per heavy atom. The van der Waals surface area contributed by atoms with Gasteiger partial charge >= 0.3 is 0 Å². The van der Waals surface area contributed by atoms with Crippen LogP contribution in [-0.2, 0) is 17.8 Å². The molecule has 6 nitrogen and oxygen atoms in total. The van der Waals surface area contributed by atoms with Gasteiger partial charge in [0, 0.05) is 13.0 Å². The Balaban J connectivity index is 1.78. The van der Waals surface area contributed by atoms with Gasteiger partial charge in [-0.25, -0.2) is 0 Å². The summed E-state index contributed by atoms with van der Waals surface area (Å²) < 4.78 is 10.6. The van der Waals surface area contributed by atoms with Crippen molar-refractivity contribution in [2.24, 2.45) is 5.73 Å². The number of amides is 2. The standard InChI is InChI=1S/C25H24N2O4/c1-30-19-9-7-16(8-10-19)21-12-11-20(31-2)14-22(21)25(29)27-15-18-6-4-3-5-17(18)13-23(27)24(26)28/h3-12,14,23H,13,15H2,1-2H3,(H2,26,28)/t23-/m0/s1. The summed E-state index contributed by atoms with van der Waals surface area (Å²) in [6, 6.07) is 20.0. The van der Waals surface area contributed by atoms with Crippen LogP contribution in [-0.4, -0.2) is 37.0 Å². The van der Waals surface area contributed by atoms with Gasteiger partial charge in [0.15, 0.2) is 0 Å². The fourth-order valence-corrected chi connectivity index (χ4v) is 3.99. The Hall–Kier alpha value is -3.80. The van der Waals surface area contributed by atoms with Crippen LogP contribution < -0.4 is 15.2 Å². The van der Waals surface area contributed by atoms with Crippen LogP contribution in [0.5, 0.6) is 11.5 Å². The fourth-order valence-electron chi connectivity index (χ4n) is 3.99. The molecule has 158 valence electrons. The number of carbonyl (C=O) groups excluding carboxylic acids is 2. The molecule has 1 heterocycles. The molecule has 0 fully saturated rings. The third-order valence-corrected chi connectivity index (χ3v) is 5.70. The third kappa shape index (κ3) is 3.97. The first kappa shape index (κ1) is 20.5. The maximum atomic E-state index is 13.7. The maximum Gasteiger partial charge on any atom is 0.255 e. The minimum atomic E-state index is -0.711. The van der Waals surface area contributed by atoms with Gasteiger partial charge in [-0.3, -0.25) is 9.59 Å². The number of hydrogen-bond donors (Lipinski definition) is 1. The zero-order valence-electron chi connectivity index (χ0n) is 17.5. The van der Waals surface area contributed by atoms with Gasteiger partial charge in [0.05, 0.1) is 19.8 Å². The van der Waals surface area contributed by atoms with Crippen LogP contribution in [0.1, 0.15) is 21.5 Å². The first-order valence-corrected chi connectivity index (χ1v) is 10.0. The van der Waals surface area contributed by atoms with Crippen molar-refractivity contribution in [3.8, 4) is 22.6 Å². The minimum Gasteiger partial charge on any atom is -0.497 e. The van der Waals surface area contributed by atoms with Gasteiger partial charge in [-0.15, -0.1) is 0 Å². The van der Waals surface area contributed by atoms with Crippen molar-refractivity contribution < 1.29 is 19.1 Å². The third-order valence-electron chi connectivity index (χ3n) is 5.70. The van der Waals surface area contributed by atoms with Gasteiger partial charge in [-0.1, -0.05) is 36.4 Å². The number of fused-ring (bicyclic) bond motifs is 1. The van der Waals surface area contributed by atoms with Crippen molar-refractivity contribution in [3.05, 3.63) is 83.4 Å². The van der Waals surface area contributed by atoms with E-state index in [1.54, 1.807) is 25.2 Å². The minimum absolute atomic E-state index is 0.261. The predicted molar refractivity (Wildman–Crippen MR) is 118 cm³/mol. The number of hydrogen-bond acceptors (Lipinski definition) is 4. The smallest absolute Gasteiger partial charge is 0.255 e. The lowest BCUT2D eigenvalue weighted by molar-refractivity contribution is -0.122. The topological polar surface area (TPSA) is 81.9 Å². The molecule has 2 amide bonds. The summed E-state index contributed by atoms with van der Waals surface area (Å²) in [4.78, 5) is 27.6. The highest BCUT2D eigenvalue weighted by Gasteiger charge is 2.34. The summed E-state index contributed by atoms with van der Waals surface area (Å²) in [6.07, 6.45) is 0.402. The molecular weight excluding hydrogens is 392 g/mol. The molecule has 0 aliphatic carbocycles. The summed E-state index contributed by atoms with van der Waals surface area (Å²) >= 11 is 0. The zero-order chi connectivity index (χ0) is 22.0. The van der Waals surface area contributed by atoms with Crippen molar-refractivity contribution in [1.29, 1.82) is 0 Å². The summed E-state index contributed by atoms with van der Waals surface area (Å²) in [5.74, 6) is 0.514. The van der Waals surface area contributed by atoms with Crippen LogP contribution in [0, 0.1) is 0 Å². The lowest BCUT2D eigenvalue weighted by Crippen LogP contribution is -2.51. The first-order chi connectivity index (χ1) is 15.0. The number of ether oxygens (including phenoxy) is 2. The van der Waals surface area contributed by atoms with Crippen LogP contribution in [0.25, 0.3) is 11.1 Å². The Morgan fingerprint density at radius 3 is 2.19 bits per heavy atom. The van der Waals surface area contributed by atoms with E-state index in [-0.39, 0.29) is 5.91 Å². The largest absolute Gasteiger partial charge is 0.497 e. The Kier molecular flexibility index (Phi) is 5.62. The summed E-state index contributed by atoms with van der Waals surface area (Å²) in [5, 5.41) is 0. The van der Waals surface area contributed by atoms with Gasteiger partial charge in [-0.2, -0.15) is 0 Å². The molecule has 1 aliphatic heterocycles. The lowest BCUT2D eigenvalue weighted by Gasteiger charge is -2.35. The van der Waals surface area contributed by atoms with E-state index in [4.69, 9.17) is 15.2 Å². The number of nitrogens with zero attached hydrogens (tertiary/aromatic N) is 1. The Bertz CT molecular complexity index is 1120. The van der Waals surface area contributed by atoms with Gasteiger partial charge in [0.1, 0.15) is 17.5 Å². The Morgan fingerprint density at radius 1 is 0.903 bits per heavy atom.